The van der Waals surface area contributed by atoms with Crippen LogP contribution in [0.15, 0.2) is 43.0 Å². The molecule has 0 aliphatic carbocycles. The summed E-state index contributed by atoms with van der Waals surface area (Å²) in [6, 6.07) is 5.49. The maximum absolute atomic E-state index is 11.9. The quantitative estimate of drug-likeness (QED) is 0.804. The van der Waals surface area contributed by atoms with Crippen LogP contribution < -0.4 is 4.74 Å². The van der Waals surface area contributed by atoms with E-state index in [-0.39, 0.29) is 18.6 Å². The first-order valence-electron chi connectivity index (χ1n) is 6.13. The van der Waals surface area contributed by atoms with Gasteiger partial charge in [0.15, 0.2) is 0 Å². The van der Waals surface area contributed by atoms with Crippen LogP contribution in [0.2, 0.25) is 0 Å². The van der Waals surface area contributed by atoms with Crippen molar-refractivity contribution in [3.8, 4) is 5.75 Å². The van der Waals surface area contributed by atoms with Crippen molar-refractivity contribution in [2.45, 2.75) is 12.6 Å². The summed E-state index contributed by atoms with van der Waals surface area (Å²) in [6.45, 7) is 1.52. The Hall–Kier alpha value is -2.37. The van der Waals surface area contributed by atoms with Crippen molar-refractivity contribution in [1.29, 1.82) is 0 Å². The summed E-state index contributed by atoms with van der Waals surface area (Å²) in [5, 5.41) is 4.01. The molecule has 0 radical (unpaired) electrons. The Morgan fingerprint density at radius 2 is 2.26 bits per heavy atom. The monoisotopic (exact) mass is 258 g/mol. The number of hydrogen-bond donors (Lipinski definition) is 0. The van der Waals surface area contributed by atoms with Gasteiger partial charge in [-0.2, -0.15) is 5.10 Å². The standard InChI is InChI=1S/C13H14N4O2/c18-13(10-17-6-2-5-15-17)16-8-12(9-16)19-11-3-1-4-14-7-11/h1-7,12H,8-10H2. The van der Waals surface area contributed by atoms with Crippen molar-refractivity contribution in [1.82, 2.24) is 19.7 Å². The molecular weight excluding hydrogens is 244 g/mol. The summed E-state index contributed by atoms with van der Waals surface area (Å²) in [6.07, 6.45) is 6.88. The molecule has 0 N–H and O–H groups in total. The van der Waals surface area contributed by atoms with Crippen LogP contribution in [0.25, 0.3) is 0 Å². The molecule has 6 nitrogen and oxygen atoms in total. The van der Waals surface area contributed by atoms with Gasteiger partial charge in [0.25, 0.3) is 0 Å². The van der Waals surface area contributed by atoms with E-state index in [0.29, 0.717) is 13.1 Å². The van der Waals surface area contributed by atoms with Crippen molar-refractivity contribution in [2.24, 2.45) is 0 Å². The van der Waals surface area contributed by atoms with E-state index in [1.807, 2.05) is 12.1 Å². The molecule has 1 amide bonds. The number of aromatic nitrogens is 3. The minimum atomic E-state index is 0.0609. The van der Waals surface area contributed by atoms with E-state index in [0.717, 1.165) is 5.75 Å². The van der Waals surface area contributed by atoms with Gasteiger partial charge in [0.05, 0.1) is 19.3 Å². The molecule has 1 aliphatic heterocycles. The van der Waals surface area contributed by atoms with Gasteiger partial charge in [-0.15, -0.1) is 0 Å². The summed E-state index contributed by atoms with van der Waals surface area (Å²) in [4.78, 5) is 17.6. The van der Waals surface area contributed by atoms with E-state index in [1.165, 1.54) is 0 Å². The van der Waals surface area contributed by atoms with Gasteiger partial charge >= 0.3 is 0 Å². The fraction of sp³-hybridized carbons (Fsp3) is 0.308. The van der Waals surface area contributed by atoms with E-state index >= 15 is 0 Å². The summed E-state index contributed by atoms with van der Waals surface area (Å²) in [5.74, 6) is 0.807. The second kappa shape index (κ2) is 5.09. The molecule has 1 fully saturated rings. The molecule has 0 atom stereocenters. The Bertz CT molecular complexity index is 535. The molecule has 0 bridgehead atoms. The van der Waals surface area contributed by atoms with E-state index in [2.05, 4.69) is 10.1 Å². The average molecular weight is 258 g/mol. The van der Waals surface area contributed by atoms with E-state index in [1.54, 1.807) is 40.4 Å². The summed E-state index contributed by atoms with van der Waals surface area (Å²) >= 11 is 0. The molecule has 6 heteroatoms. The number of rotatable bonds is 4. The molecular formula is C13H14N4O2. The third-order valence-corrected chi connectivity index (χ3v) is 2.99. The first kappa shape index (κ1) is 11.7. The Morgan fingerprint density at radius 1 is 1.37 bits per heavy atom. The number of pyridine rings is 1. The number of amides is 1. The van der Waals surface area contributed by atoms with Crippen molar-refractivity contribution in [3.05, 3.63) is 43.0 Å². The number of likely N-dealkylation sites (tertiary alicyclic amines) is 1. The Labute approximate surface area is 110 Å². The molecule has 3 heterocycles. The van der Waals surface area contributed by atoms with Gasteiger partial charge in [-0.25, -0.2) is 0 Å². The normalized spacial score (nSPS) is 15.1. The molecule has 3 rings (SSSR count). The molecule has 2 aromatic rings. The molecule has 1 aliphatic rings. The maximum Gasteiger partial charge on any atom is 0.244 e. The second-order valence-corrected chi connectivity index (χ2v) is 4.43. The minimum Gasteiger partial charge on any atom is -0.485 e. The van der Waals surface area contributed by atoms with E-state index in [9.17, 15) is 4.79 Å². The first-order valence-corrected chi connectivity index (χ1v) is 6.13. The highest BCUT2D eigenvalue weighted by molar-refractivity contribution is 5.76. The van der Waals surface area contributed by atoms with Crippen LogP contribution in [0.4, 0.5) is 0 Å². The van der Waals surface area contributed by atoms with Gasteiger partial charge in [-0.05, 0) is 18.2 Å². The van der Waals surface area contributed by atoms with Gasteiger partial charge in [0.2, 0.25) is 5.91 Å². The number of nitrogens with zero attached hydrogens (tertiary/aromatic N) is 4. The van der Waals surface area contributed by atoms with Crippen molar-refractivity contribution >= 4 is 5.91 Å². The predicted molar refractivity (Wildman–Crippen MR) is 67.5 cm³/mol. The van der Waals surface area contributed by atoms with E-state index in [4.69, 9.17) is 4.74 Å². The summed E-state index contributed by atoms with van der Waals surface area (Å²) < 4.78 is 7.31. The third kappa shape index (κ3) is 2.73. The summed E-state index contributed by atoms with van der Waals surface area (Å²) in [5.41, 5.74) is 0. The van der Waals surface area contributed by atoms with Crippen molar-refractivity contribution < 1.29 is 9.53 Å². The van der Waals surface area contributed by atoms with Crippen LogP contribution in [0.5, 0.6) is 5.75 Å². The molecule has 2 aromatic heterocycles. The molecule has 0 aromatic carbocycles. The summed E-state index contributed by atoms with van der Waals surface area (Å²) in [7, 11) is 0. The third-order valence-electron chi connectivity index (χ3n) is 2.99. The second-order valence-electron chi connectivity index (χ2n) is 4.43. The van der Waals surface area contributed by atoms with Crippen LogP contribution in [-0.4, -0.2) is 44.8 Å². The fourth-order valence-electron chi connectivity index (χ4n) is 1.96. The lowest BCUT2D eigenvalue weighted by atomic mass is 10.1. The van der Waals surface area contributed by atoms with Crippen LogP contribution >= 0.6 is 0 Å². The topological polar surface area (TPSA) is 60.2 Å². The van der Waals surface area contributed by atoms with Crippen molar-refractivity contribution in [3.63, 3.8) is 0 Å². The SMILES string of the molecule is O=C(Cn1cccn1)N1CC(Oc2cccnc2)C1. The number of ether oxygens (including phenoxy) is 1. The van der Waals surface area contributed by atoms with Crippen molar-refractivity contribution in [2.75, 3.05) is 13.1 Å². The average Bonchev–Trinajstić information content (AvgIpc) is 2.87. The van der Waals surface area contributed by atoms with Gasteiger partial charge in [0.1, 0.15) is 18.4 Å². The van der Waals surface area contributed by atoms with E-state index < -0.39 is 0 Å². The number of carbonyl (C=O) groups is 1. The molecule has 98 valence electrons. The largest absolute Gasteiger partial charge is 0.485 e. The lowest BCUT2D eigenvalue weighted by Crippen LogP contribution is -2.56. The zero-order chi connectivity index (χ0) is 13.1. The van der Waals surface area contributed by atoms with Gasteiger partial charge in [-0.1, -0.05) is 0 Å². The molecule has 0 unspecified atom stereocenters. The highest BCUT2D eigenvalue weighted by Crippen LogP contribution is 2.17. The minimum absolute atomic E-state index is 0.0609. The first-order chi connectivity index (χ1) is 9.31. The lowest BCUT2D eigenvalue weighted by molar-refractivity contribution is -0.140. The van der Waals surface area contributed by atoms with Gasteiger partial charge in [0, 0.05) is 18.6 Å². The number of carbonyl (C=O) groups excluding carboxylic acids is 1. The van der Waals surface area contributed by atoms with Crippen LogP contribution in [-0.2, 0) is 11.3 Å². The van der Waals surface area contributed by atoms with Crippen LogP contribution in [0.3, 0.4) is 0 Å². The van der Waals surface area contributed by atoms with Crippen LogP contribution in [0, 0.1) is 0 Å². The predicted octanol–water partition coefficient (Wildman–Crippen LogP) is 0.568. The highest BCUT2D eigenvalue weighted by atomic mass is 16.5. The fourth-order valence-corrected chi connectivity index (χ4v) is 1.96. The smallest absolute Gasteiger partial charge is 0.244 e. The maximum atomic E-state index is 11.9. The van der Waals surface area contributed by atoms with Gasteiger partial charge < -0.3 is 9.64 Å². The zero-order valence-electron chi connectivity index (χ0n) is 10.3. The highest BCUT2D eigenvalue weighted by Gasteiger charge is 2.32. The lowest BCUT2D eigenvalue weighted by Gasteiger charge is -2.38. The van der Waals surface area contributed by atoms with Gasteiger partial charge in [-0.3, -0.25) is 14.5 Å². The number of hydrogen-bond acceptors (Lipinski definition) is 4. The molecule has 0 saturated carbocycles. The Kier molecular flexibility index (Phi) is 3.14. The van der Waals surface area contributed by atoms with Crippen LogP contribution in [0.1, 0.15) is 0 Å². The molecule has 0 spiro atoms. The zero-order valence-corrected chi connectivity index (χ0v) is 10.3. The molecule has 1 saturated heterocycles. The molecule has 19 heavy (non-hydrogen) atoms. The Balaban J connectivity index is 1.46. The Morgan fingerprint density at radius 3 is 2.95 bits per heavy atom.